The van der Waals surface area contributed by atoms with E-state index in [2.05, 4.69) is 10.3 Å². The SMILES string of the molecule is CN(C)CCCOC(=O)C(Cc1cc(=O)[nH]c2ccccc12)NC(=O)c1ccc(Cl)cc1. The summed E-state index contributed by atoms with van der Waals surface area (Å²) in [4.78, 5) is 42.6. The van der Waals surface area contributed by atoms with Crippen molar-refractivity contribution < 1.29 is 14.3 Å². The molecule has 1 atom stereocenters. The van der Waals surface area contributed by atoms with E-state index in [-0.39, 0.29) is 18.6 Å². The normalized spacial score (nSPS) is 12.0. The van der Waals surface area contributed by atoms with Gasteiger partial charge in [0.1, 0.15) is 6.04 Å². The molecule has 3 aromatic rings. The topological polar surface area (TPSA) is 91.5 Å². The predicted octanol–water partition coefficient (Wildman–Crippen LogP) is 3.02. The van der Waals surface area contributed by atoms with E-state index in [1.807, 2.05) is 37.2 Å². The first-order chi connectivity index (χ1) is 15.3. The summed E-state index contributed by atoms with van der Waals surface area (Å²) < 4.78 is 5.44. The van der Waals surface area contributed by atoms with Crippen LogP contribution in [-0.2, 0) is 16.0 Å². The summed E-state index contributed by atoms with van der Waals surface area (Å²) in [5, 5.41) is 4.07. The first-order valence-corrected chi connectivity index (χ1v) is 10.7. The van der Waals surface area contributed by atoms with E-state index < -0.39 is 17.9 Å². The van der Waals surface area contributed by atoms with Crippen molar-refractivity contribution in [2.45, 2.75) is 18.9 Å². The standard InChI is InChI=1S/C24H26ClN3O4/c1-28(2)12-5-13-32-24(31)21(27-23(30)16-8-10-18(25)11-9-16)14-17-15-22(29)26-20-7-4-3-6-19(17)20/h3-4,6-11,15,21H,5,12-14H2,1-2H3,(H,26,29)(H,27,30). The van der Waals surface area contributed by atoms with Crippen molar-refractivity contribution in [2.75, 3.05) is 27.2 Å². The number of hydrogen-bond donors (Lipinski definition) is 2. The minimum absolute atomic E-state index is 0.121. The van der Waals surface area contributed by atoms with Crippen LogP contribution in [0.4, 0.5) is 0 Å². The van der Waals surface area contributed by atoms with E-state index in [4.69, 9.17) is 16.3 Å². The number of pyridine rings is 1. The van der Waals surface area contributed by atoms with Gasteiger partial charge in [-0.2, -0.15) is 0 Å². The number of carbonyl (C=O) groups excluding carboxylic acids is 2. The van der Waals surface area contributed by atoms with E-state index in [9.17, 15) is 14.4 Å². The maximum Gasteiger partial charge on any atom is 0.328 e. The quantitative estimate of drug-likeness (QED) is 0.382. The number of nitrogens with zero attached hydrogens (tertiary/aromatic N) is 1. The number of halogens is 1. The van der Waals surface area contributed by atoms with Crippen LogP contribution in [0, 0.1) is 0 Å². The highest BCUT2D eigenvalue weighted by atomic mass is 35.5. The Balaban J connectivity index is 1.83. The number of nitrogens with one attached hydrogen (secondary N) is 2. The number of hydrogen-bond acceptors (Lipinski definition) is 5. The van der Waals surface area contributed by atoms with Crippen LogP contribution in [-0.4, -0.2) is 55.0 Å². The molecule has 0 fully saturated rings. The maximum atomic E-state index is 12.9. The molecule has 0 saturated carbocycles. The largest absolute Gasteiger partial charge is 0.464 e. The second-order valence-electron chi connectivity index (χ2n) is 7.77. The molecule has 0 bridgehead atoms. The number of aromatic amines is 1. The van der Waals surface area contributed by atoms with Gasteiger partial charge in [-0.1, -0.05) is 29.8 Å². The van der Waals surface area contributed by atoms with Gasteiger partial charge in [0.05, 0.1) is 6.61 Å². The Morgan fingerprint density at radius 1 is 1.12 bits per heavy atom. The molecule has 0 aliphatic carbocycles. The van der Waals surface area contributed by atoms with Crippen molar-refractivity contribution in [2.24, 2.45) is 0 Å². The van der Waals surface area contributed by atoms with Crippen LogP contribution in [0.3, 0.4) is 0 Å². The molecule has 1 aromatic heterocycles. The Morgan fingerprint density at radius 3 is 2.56 bits per heavy atom. The molecule has 0 radical (unpaired) electrons. The summed E-state index contributed by atoms with van der Waals surface area (Å²) in [5.74, 6) is -0.971. The number of H-pyrrole nitrogens is 1. The van der Waals surface area contributed by atoms with Gasteiger partial charge < -0.3 is 19.9 Å². The Bertz CT molecular complexity index is 1140. The highest BCUT2D eigenvalue weighted by molar-refractivity contribution is 6.30. The highest BCUT2D eigenvalue weighted by Gasteiger charge is 2.24. The van der Waals surface area contributed by atoms with Gasteiger partial charge in [0.15, 0.2) is 0 Å². The molecule has 7 nitrogen and oxygen atoms in total. The molecule has 8 heteroatoms. The number of amides is 1. The third kappa shape index (κ3) is 6.42. The van der Waals surface area contributed by atoms with Crippen molar-refractivity contribution in [3.8, 4) is 0 Å². The van der Waals surface area contributed by atoms with Crippen LogP contribution in [0.1, 0.15) is 22.3 Å². The fourth-order valence-electron chi connectivity index (χ4n) is 3.36. The van der Waals surface area contributed by atoms with Crippen LogP contribution in [0.25, 0.3) is 10.9 Å². The fourth-order valence-corrected chi connectivity index (χ4v) is 3.48. The van der Waals surface area contributed by atoms with Gasteiger partial charge >= 0.3 is 5.97 Å². The molecule has 32 heavy (non-hydrogen) atoms. The second kappa shape index (κ2) is 10.9. The average Bonchev–Trinajstić information content (AvgIpc) is 2.76. The van der Waals surface area contributed by atoms with E-state index >= 15 is 0 Å². The molecule has 168 valence electrons. The predicted molar refractivity (Wildman–Crippen MR) is 125 cm³/mol. The number of para-hydroxylation sites is 1. The van der Waals surface area contributed by atoms with Gasteiger partial charge in [-0.3, -0.25) is 9.59 Å². The molecular weight excluding hydrogens is 430 g/mol. The van der Waals surface area contributed by atoms with Crippen LogP contribution < -0.4 is 10.9 Å². The lowest BCUT2D eigenvalue weighted by Crippen LogP contribution is -2.43. The molecule has 1 heterocycles. The lowest BCUT2D eigenvalue weighted by molar-refractivity contribution is -0.146. The van der Waals surface area contributed by atoms with Crippen molar-refractivity contribution in [1.29, 1.82) is 0 Å². The summed E-state index contributed by atoms with van der Waals surface area (Å²) in [6.07, 6.45) is 0.792. The molecule has 0 spiro atoms. The smallest absolute Gasteiger partial charge is 0.328 e. The molecule has 3 rings (SSSR count). The van der Waals surface area contributed by atoms with Crippen molar-refractivity contribution >= 4 is 34.4 Å². The lowest BCUT2D eigenvalue weighted by Gasteiger charge is -2.19. The van der Waals surface area contributed by atoms with Crippen LogP contribution in [0.15, 0.2) is 59.4 Å². The van der Waals surface area contributed by atoms with Gasteiger partial charge in [-0.25, -0.2) is 4.79 Å². The zero-order valence-corrected chi connectivity index (χ0v) is 18.8. The number of rotatable bonds is 9. The third-order valence-electron chi connectivity index (χ3n) is 4.95. The number of fused-ring (bicyclic) bond motifs is 1. The van der Waals surface area contributed by atoms with E-state index in [1.165, 1.54) is 6.07 Å². The molecule has 0 saturated heterocycles. The van der Waals surface area contributed by atoms with E-state index in [0.29, 0.717) is 28.1 Å². The van der Waals surface area contributed by atoms with Crippen LogP contribution >= 0.6 is 11.6 Å². The zero-order chi connectivity index (χ0) is 23.1. The Hall–Kier alpha value is -3.16. The molecule has 1 amide bonds. The van der Waals surface area contributed by atoms with Gasteiger partial charge in [-0.15, -0.1) is 0 Å². The number of carbonyl (C=O) groups is 2. The third-order valence-corrected chi connectivity index (χ3v) is 5.20. The summed E-state index contributed by atoms with van der Waals surface area (Å²) in [6.45, 7) is 1.01. The Labute approximate surface area is 191 Å². The lowest BCUT2D eigenvalue weighted by atomic mass is 10.0. The van der Waals surface area contributed by atoms with Gasteiger partial charge in [0.2, 0.25) is 5.56 Å². The van der Waals surface area contributed by atoms with Crippen LogP contribution in [0.2, 0.25) is 5.02 Å². The summed E-state index contributed by atoms with van der Waals surface area (Å²) >= 11 is 5.90. The van der Waals surface area contributed by atoms with Crippen molar-refractivity contribution in [3.63, 3.8) is 0 Å². The van der Waals surface area contributed by atoms with Crippen molar-refractivity contribution in [3.05, 3.63) is 81.1 Å². The van der Waals surface area contributed by atoms with Gasteiger partial charge in [-0.05, 0) is 56.4 Å². The van der Waals surface area contributed by atoms with Gasteiger partial charge in [0.25, 0.3) is 5.91 Å². The van der Waals surface area contributed by atoms with Gasteiger partial charge in [0, 0.05) is 40.5 Å². The first-order valence-electron chi connectivity index (χ1n) is 10.3. The molecular formula is C24H26ClN3O4. The molecule has 1 unspecified atom stereocenters. The average molecular weight is 456 g/mol. The molecule has 2 aromatic carbocycles. The maximum absolute atomic E-state index is 12.9. The second-order valence-corrected chi connectivity index (χ2v) is 8.20. The monoisotopic (exact) mass is 455 g/mol. The zero-order valence-electron chi connectivity index (χ0n) is 18.1. The minimum Gasteiger partial charge on any atom is -0.464 e. The number of aromatic nitrogens is 1. The molecule has 0 aliphatic rings. The summed E-state index contributed by atoms with van der Waals surface area (Å²) in [5.41, 5.74) is 1.41. The highest BCUT2D eigenvalue weighted by Crippen LogP contribution is 2.17. The number of esters is 1. The summed E-state index contributed by atoms with van der Waals surface area (Å²) in [7, 11) is 3.88. The van der Waals surface area contributed by atoms with E-state index in [1.54, 1.807) is 30.3 Å². The molecule has 2 N–H and O–H groups in total. The summed E-state index contributed by atoms with van der Waals surface area (Å²) in [6, 6.07) is 14.2. The fraction of sp³-hybridized carbons (Fsp3) is 0.292. The molecule has 0 aliphatic heterocycles. The van der Waals surface area contributed by atoms with Crippen molar-refractivity contribution in [1.82, 2.24) is 15.2 Å². The van der Waals surface area contributed by atoms with E-state index in [0.717, 1.165) is 11.9 Å². The van der Waals surface area contributed by atoms with Crippen LogP contribution in [0.5, 0.6) is 0 Å². The number of benzene rings is 2. The first kappa shape index (κ1) is 23.5. The minimum atomic E-state index is -0.956. The Kier molecular flexibility index (Phi) is 8.03. The Morgan fingerprint density at radius 2 is 1.84 bits per heavy atom. The number of ether oxygens (including phenoxy) is 1.